The van der Waals surface area contributed by atoms with E-state index in [9.17, 15) is 14.9 Å². The standard InChI is InChI=1S/C23H16BrN5O4S/c1-32-19-9-13(2-5-18(19)33-12-20(30)28-23-26-6-7-34-23)8-14(11-25)21-27-17-4-3-15(24)10-16(17)22(31)29-21/h2-10H,12H2,1H3,(H,26,28,30)(H,27,29,31). The largest absolute Gasteiger partial charge is 0.493 e. The van der Waals surface area contributed by atoms with Gasteiger partial charge in [0.25, 0.3) is 11.5 Å². The van der Waals surface area contributed by atoms with E-state index in [2.05, 4.69) is 42.3 Å². The molecule has 2 N–H and O–H groups in total. The molecular formula is C23H16BrN5O4S. The van der Waals surface area contributed by atoms with Crippen molar-refractivity contribution in [1.29, 1.82) is 5.26 Å². The number of nitrogens with one attached hydrogen (secondary N) is 2. The van der Waals surface area contributed by atoms with Gasteiger partial charge in [-0.3, -0.25) is 14.9 Å². The number of methoxy groups -OCH3 is 1. The molecule has 0 bridgehead atoms. The van der Waals surface area contributed by atoms with E-state index in [1.165, 1.54) is 18.4 Å². The maximum atomic E-state index is 12.5. The Morgan fingerprint density at radius 1 is 1.29 bits per heavy atom. The summed E-state index contributed by atoms with van der Waals surface area (Å²) in [5, 5.41) is 15.0. The topological polar surface area (TPSA) is 130 Å². The number of amides is 1. The molecule has 0 unspecified atom stereocenters. The van der Waals surface area contributed by atoms with Gasteiger partial charge >= 0.3 is 0 Å². The zero-order valence-corrected chi connectivity index (χ0v) is 20.1. The quantitative estimate of drug-likeness (QED) is 0.337. The third kappa shape index (κ3) is 5.31. The molecule has 2 heterocycles. The lowest BCUT2D eigenvalue weighted by atomic mass is 10.1. The van der Waals surface area contributed by atoms with Gasteiger partial charge in [-0.2, -0.15) is 5.26 Å². The van der Waals surface area contributed by atoms with Crippen molar-refractivity contribution < 1.29 is 14.3 Å². The molecule has 11 heteroatoms. The van der Waals surface area contributed by atoms with Crippen LogP contribution in [0.15, 0.2) is 57.2 Å². The number of aromatic amines is 1. The fourth-order valence-electron chi connectivity index (χ4n) is 3.04. The van der Waals surface area contributed by atoms with E-state index in [-0.39, 0.29) is 29.5 Å². The van der Waals surface area contributed by atoms with Gasteiger partial charge in [-0.05, 0) is 42.0 Å². The van der Waals surface area contributed by atoms with Gasteiger partial charge in [-0.25, -0.2) is 9.97 Å². The normalized spacial score (nSPS) is 11.1. The van der Waals surface area contributed by atoms with E-state index in [1.54, 1.807) is 54.1 Å². The van der Waals surface area contributed by atoms with Crippen molar-refractivity contribution in [3.05, 3.63) is 74.2 Å². The van der Waals surface area contributed by atoms with Crippen LogP contribution in [0.1, 0.15) is 11.4 Å². The molecule has 170 valence electrons. The number of halogens is 1. The molecule has 4 aromatic rings. The van der Waals surface area contributed by atoms with Gasteiger partial charge in [0.2, 0.25) is 0 Å². The molecule has 0 aliphatic rings. The minimum atomic E-state index is -0.355. The number of thiazole rings is 1. The van der Waals surface area contributed by atoms with E-state index in [0.29, 0.717) is 33.1 Å². The molecule has 0 fully saturated rings. The van der Waals surface area contributed by atoms with Gasteiger partial charge in [0, 0.05) is 16.0 Å². The number of anilines is 1. The van der Waals surface area contributed by atoms with Gasteiger partial charge < -0.3 is 14.5 Å². The number of aromatic nitrogens is 3. The second kappa shape index (κ2) is 10.3. The van der Waals surface area contributed by atoms with Crippen molar-refractivity contribution in [3.8, 4) is 17.6 Å². The first kappa shape index (κ1) is 23.2. The van der Waals surface area contributed by atoms with Crippen molar-refractivity contribution in [3.63, 3.8) is 0 Å². The Morgan fingerprint density at radius 2 is 2.15 bits per heavy atom. The molecule has 1 amide bonds. The van der Waals surface area contributed by atoms with Crippen LogP contribution in [-0.4, -0.2) is 34.6 Å². The van der Waals surface area contributed by atoms with Gasteiger partial charge in [-0.15, -0.1) is 11.3 Å². The zero-order valence-electron chi connectivity index (χ0n) is 17.7. The second-order valence-electron chi connectivity index (χ2n) is 6.83. The lowest BCUT2D eigenvalue weighted by Gasteiger charge is -2.11. The summed E-state index contributed by atoms with van der Waals surface area (Å²) in [5.41, 5.74) is 0.910. The zero-order chi connectivity index (χ0) is 24.1. The molecule has 0 aliphatic heterocycles. The summed E-state index contributed by atoms with van der Waals surface area (Å²) in [6.45, 7) is -0.229. The fraction of sp³-hybridized carbons (Fsp3) is 0.0870. The molecule has 0 spiro atoms. The molecule has 0 saturated carbocycles. The number of benzene rings is 2. The van der Waals surface area contributed by atoms with Crippen LogP contribution in [0.4, 0.5) is 5.13 Å². The maximum Gasteiger partial charge on any atom is 0.264 e. The molecule has 0 radical (unpaired) electrons. The van der Waals surface area contributed by atoms with Crippen LogP contribution >= 0.6 is 27.3 Å². The van der Waals surface area contributed by atoms with Crippen LogP contribution in [0.3, 0.4) is 0 Å². The Labute approximate surface area is 205 Å². The summed E-state index contributed by atoms with van der Waals surface area (Å²) in [5.74, 6) is 0.528. The van der Waals surface area contributed by atoms with E-state index < -0.39 is 0 Å². The predicted molar refractivity (Wildman–Crippen MR) is 133 cm³/mol. The third-order valence-electron chi connectivity index (χ3n) is 4.58. The first-order valence-electron chi connectivity index (χ1n) is 9.79. The summed E-state index contributed by atoms with van der Waals surface area (Å²) in [4.78, 5) is 35.6. The average Bonchev–Trinajstić information content (AvgIpc) is 3.34. The summed E-state index contributed by atoms with van der Waals surface area (Å²) in [7, 11) is 1.47. The average molecular weight is 538 g/mol. The van der Waals surface area contributed by atoms with Crippen LogP contribution in [0.25, 0.3) is 22.6 Å². The Bertz CT molecular complexity index is 1490. The third-order valence-corrected chi connectivity index (χ3v) is 5.76. The molecule has 2 aromatic carbocycles. The molecule has 4 rings (SSSR count). The van der Waals surface area contributed by atoms with Crippen molar-refractivity contribution >= 4 is 60.9 Å². The lowest BCUT2D eigenvalue weighted by Crippen LogP contribution is -2.20. The minimum Gasteiger partial charge on any atom is -0.493 e. The summed E-state index contributed by atoms with van der Waals surface area (Å²) < 4.78 is 11.7. The lowest BCUT2D eigenvalue weighted by molar-refractivity contribution is -0.118. The van der Waals surface area contributed by atoms with Crippen LogP contribution in [-0.2, 0) is 4.79 Å². The van der Waals surface area contributed by atoms with Crippen LogP contribution in [0, 0.1) is 11.3 Å². The molecule has 2 aromatic heterocycles. The molecular weight excluding hydrogens is 522 g/mol. The molecule has 0 aliphatic carbocycles. The van der Waals surface area contributed by atoms with Crippen LogP contribution in [0.5, 0.6) is 11.5 Å². The Hall–Kier alpha value is -4.01. The highest BCUT2D eigenvalue weighted by Gasteiger charge is 2.12. The van der Waals surface area contributed by atoms with E-state index in [4.69, 9.17) is 9.47 Å². The van der Waals surface area contributed by atoms with Gasteiger partial charge in [0.05, 0.1) is 23.6 Å². The van der Waals surface area contributed by atoms with E-state index >= 15 is 0 Å². The summed E-state index contributed by atoms with van der Waals surface area (Å²) >= 11 is 4.64. The number of nitriles is 1. The number of allylic oxidation sites excluding steroid dienone is 1. The van der Waals surface area contributed by atoms with Crippen molar-refractivity contribution in [2.24, 2.45) is 0 Å². The highest BCUT2D eigenvalue weighted by molar-refractivity contribution is 9.10. The Balaban J connectivity index is 1.56. The monoisotopic (exact) mass is 537 g/mol. The highest BCUT2D eigenvalue weighted by Crippen LogP contribution is 2.30. The fourth-order valence-corrected chi connectivity index (χ4v) is 3.94. The number of fused-ring (bicyclic) bond motifs is 1. The first-order valence-corrected chi connectivity index (χ1v) is 11.5. The number of ether oxygens (including phenoxy) is 2. The number of carbonyl (C=O) groups excluding carboxylic acids is 1. The number of H-pyrrole nitrogens is 1. The number of hydrogen-bond donors (Lipinski definition) is 2. The van der Waals surface area contributed by atoms with Crippen molar-refractivity contribution in [2.75, 3.05) is 19.0 Å². The summed E-state index contributed by atoms with van der Waals surface area (Å²) in [6.07, 6.45) is 3.17. The molecule has 0 atom stereocenters. The minimum absolute atomic E-state index is 0.153. The highest BCUT2D eigenvalue weighted by atomic mass is 79.9. The van der Waals surface area contributed by atoms with Crippen LogP contribution < -0.4 is 20.3 Å². The first-order chi connectivity index (χ1) is 16.5. The SMILES string of the molecule is COc1cc(C=C(C#N)c2nc3ccc(Br)cc3c(=O)[nH]2)ccc1OCC(=O)Nc1nccs1. The number of rotatable bonds is 7. The molecule has 0 saturated heterocycles. The number of hydrogen-bond acceptors (Lipinski definition) is 8. The number of nitrogens with zero attached hydrogens (tertiary/aromatic N) is 3. The van der Waals surface area contributed by atoms with Crippen molar-refractivity contribution in [1.82, 2.24) is 15.0 Å². The van der Waals surface area contributed by atoms with Crippen LogP contribution in [0.2, 0.25) is 0 Å². The second-order valence-corrected chi connectivity index (χ2v) is 8.64. The smallest absolute Gasteiger partial charge is 0.264 e. The molecule has 34 heavy (non-hydrogen) atoms. The van der Waals surface area contributed by atoms with Gasteiger partial charge in [0.1, 0.15) is 6.07 Å². The van der Waals surface area contributed by atoms with Gasteiger partial charge in [-0.1, -0.05) is 22.0 Å². The Morgan fingerprint density at radius 3 is 2.88 bits per heavy atom. The molecule has 9 nitrogen and oxygen atoms in total. The summed E-state index contributed by atoms with van der Waals surface area (Å²) in [6, 6.07) is 12.2. The van der Waals surface area contributed by atoms with E-state index in [0.717, 1.165) is 4.47 Å². The predicted octanol–water partition coefficient (Wildman–Crippen LogP) is 4.23. The number of carbonyl (C=O) groups is 1. The van der Waals surface area contributed by atoms with Gasteiger partial charge in [0.15, 0.2) is 29.1 Å². The van der Waals surface area contributed by atoms with E-state index in [1.807, 2.05) is 0 Å². The Kier molecular flexibility index (Phi) is 7.01. The maximum absolute atomic E-state index is 12.5. The van der Waals surface area contributed by atoms with Crippen molar-refractivity contribution in [2.45, 2.75) is 0 Å².